The molecule has 29 heavy (non-hydrogen) atoms. The van der Waals surface area contributed by atoms with Crippen molar-refractivity contribution in [3.8, 4) is 5.69 Å². The summed E-state index contributed by atoms with van der Waals surface area (Å²) in [6.07, 6.45) is 2.97. The van der Waals surface area contributed by atoms with Crippen LogP contribution in [-0.2, 0) is 16.0 Å². The van der Waals surface area contributed by atoms with Gasteiger partial charge in [-0.25, -0.2) is 14.2 Å². The van der Waals surface area contributed by atoms with Crippen LogP contribution in [0, 0.1) is 19.7 Å². The van der Waals surface area contributed by atoms with E-state index in [0.717, 1.165) is 22.9 Å². The predicted molar refractivity (Wildman–Crippen MR) is 112 cm³/mol. The molecular formula is C23H23FN2O3. The van der Waals surface area contributed by atoms with E-state index in [0.29, 0.717) is 17.8 Å². The number of nitrogens with zero attached hydrogens (tertiary/aromatic N) is 2. The van der Waals surface area contributed by atoms with Crippen LogP contribution in [0.1, 0.15) is 36.4 Å². The van der Waals surface area contributed by atoms with Gasteiger partial charge in [-0.3, -0.25) is 9.36 Å². The van der Waals surface area contributed by atoms with Gasteiger partial charge in [-0.1, -0.05) is 19.1 Å². The van der Waals surface area contributed by atoms with Crippen molar-refractivity contribution >= 4 is 22.9 Å². The van der Waals surface area contributed by atoms with Crippen molar-refractivity contribution in [1.82, 2.24) is 9.55 Å². The molecule has 0 atom stereocenters. The van der Waals surface area contributed by atoms with E-state index in [1.165, 1.54) is 18.2 Å². The van der Waals surface area contributed by atoms with Crippen LogP contribution in [0.25, 0.3) is 22.7 Å². The molecule has 0 aliphatic carbocycles. The maximum atomic E-state index is 14.5. The van der Waals surface area contributed by atoms with Crippen molar-refractivity contribution < 1.29 is 13.9 Å². The first-order valence-corrected chi connectivity index (χ1v) is 9.54. The molecule has 3 rings (SSSR count). The van der Waals surface area contributed by atoms with E-state index in [1.807, 2.05) is 39.0 Å². The molecule has 0 amide bonds. The molecule has 0 aliphatic rings. The highest BCUT2D eigenvalue weighted by atomic mass is 19.1. The Morgan fingerprint density at radius 1 is 1.24 bits per heavy atom. The highest BCUT2D eigenvalue weighted by Crippen LogP contribution is 2.21. The number of fused-ring (bicyclic) bond motifs is 1. The van der Waals surface area contributed by atoms with E-state index in [9.17, 15) is 14.0 Å². The van der Waals surface area contributed by atoms with E-state index >= 15 is 0 Å². The van der Waals surface area contributed by atoms with Crippen molar-refractivity contribution in [3.05, 3.63) is 75.1 Å². The van der Waals surface area contributed by atoms with Gasteiger partial charge in [0.25, 0.3) is 5.56 Å². The van der Waals surface area contributed by atoms with E-state index < -0.39 is 11.8 Å². The number of hydrogen-bond donors (Lipinski definition) is 0. The van der Waals surface area contributed by atoms with Gasteiger partial charge in [0.1, 0.15) is 11.6 Å². The molecule has 1 heterocycles. The minimum atomic E-state index is -0.570. The Hall–Kier alpha value is -3.28. The minimum Gasteiger partial charge on any atom is -0.463 e. The molecule has 2 aromatic carbocycles. The van der Waals surface area contributed by atoms with E-state index in [2.05, 4.69) is 4.98 Å². The largest absolute Gasteiger partial charge is 0.463 e. The fourth-order valence-electron chi connectivity index (χ4n) is 3.21. The number of benzene rings is 2. The summed E-state index contributed by atoms with van der Waals surface area (Å²) in [7, 11) is 0. The summed E-state index contributed by atoms with van der Waals surface area (Å²) >= 11 is 0. The van der Waals surface area contributed by atoms with Gasteiger partial charge in [-0.2, -0.15) is 0 Å². The minimum absolute atomic E-state index is 0.126. The molecule has 3 aromatic rings. The summed E-state index contributed by atoms with van der Waals surface area (Å²) in [5, 5.41) is 0.285. The van der Waals surface area contributed by atoms with Crippen LogP contribution in [0.3, 0.4) is 0 Å². The summed E-state index contributed by atoms with van der Waals surface area (Å²) in [6, 6.07) is 8.41. The van der Waals surface area contributed by atoms with Crippen LogP contribution in [-0.4, -0.2) is 22.1 Å². The molecule has 150 valence electrons. The molecule has 0 unspecified atom stereocenters. The van der Waals surface area contributed by atoms with Crippen LogP contribution in [0.2, 0.25) is 0 Å². The van der Waals surface area contributed by atoms with E-state index in [4.69, 9.17) is 4.74 Å². The zero-order chi connectivity index (χ0) is 21.1. The van der Waals surface area contributed by atoms with Crippen molar-refractivity contribution in [2.75, 3.05) is 6.61 Å². The SMILES string of the molecule is CCOC(=O)C=Cc1cc2c(=O)n(-c3cccc(C)c3C)c(CC)nc2cc1F. The Bertz CT molecular complexity index is 1180. The second kappa shape index (κ2) is 8.39. The highest BCUT2D eigenvalue weighted by Gasteiger charge is 2.16. The topological polar surface area (TPSA) is 61.2 Å². The van der Waals surface area contributed by atoms with Crippen molar-refractivity contribution in [3.63, 3.8) is 0 Å². The molecule has 0 saturated carbocycles. The number of carbonyl (C=O) groups excluding carboxylic acids is 1. The van der Waals surface area contributed by atoms with Crippen LogP contribution in [0.15, 0.2) is 41.2 Å². The molecule has 5 nitrogen and oxygen atoms in total. The number of rotatable bonds is 5. The second-order valence-electron chi connectivity index (χ2n) is 6.72. The molecule has 0 aliphatic heterocycles. The van der Waals surface area contributed by atoms with Gasteiger partial charge in [0.15, 0.2) is 0 Å². The Morgan fingerprint density at radius 3 is 2.69 bits per heavy atom. The summed E-state index contributed by atoms with van der Waals surface area (Å²) in [6.45, 7) is 7.77. The average molecular weight is 394 g/mol. The first-order chi connectivity index (χ1) is 13.9. The van der Waals surface area contributed by atoms with Gasteiger partial charge in [0.05, 0.1) is 23.2 Å². The third-order valence-electron chi connectivity index (χ3n) is 4.87. The zero-order valence-electron chi connectivity index (χ0n) is 17.0. The van der Waals surface area contributed by atoms with Gasteiger partial charge < -0.3 is 4.74 Å². The lowest BCUT2D eigenvalue weighted by molar-refractivity contribution is -0.137. The Kier molecular flexibility index (Phi) is 5.92. The second-order valence-corrected chi connectivity index (χ2v) is 6.72. The maximum Gasteiger partial charge on any atom is 0.330 e. The standard InChI is InChI=1S/C23H23FN2O3/c1-5-21-25-19-13-18(24)16(10-11-22(27)29-6-2)12-17(19)23(28)26(21)20-9-7-8-14(3)15(20)4/h7-13H,5-6H2,1-4H3. The van der Waals surface area contributed by atoms with Gasteiger partial charge in [0.2, 0.25) is 0 Å². The third-order valence-corrected chi connectivity index (χ3v) is 4.87. The number of hydrogen-bond acceptors (Lipinski definition) is 4. The number of esters is 1. The lowest BCUT2D eigenvalue weighted by Gasteiger charge is -2.16. The van der Waals surface area contributed by atoms with Crippen LogP contribution in [0.5, 0.6) is 0 Å². The number of aromatic nitrogens is 2. The number of aryl methyl sites for hydroxylation is 2. The van der Waals surface area contributed by atoms with Crippen LogP contribution < -0.4 is 5.56 Å². The van der Waals surface area contributed by atoms with Gasteiger partial charge in [-0.15, -0.1) is 0 Å². The van der Waals surface area contributed by atoms with Gasteiger partial charge >= 0.3 is 5.97 Å². The molecule has 1 aromatic heterocycles. The zero-order valence-corrected chi connectivity index (χ0v) is 17.0. The molecule has 0 saturated heterocycles. The highest BCUT2D eigenvalue weighted by molar-refractivity contribution is 5.88. The Balaban J connectivity index is 2.25. The Labute approximate surface area is 168 Å². The molecule has 0 bridgehead atoms. The van der Waals surface area contributed by atoms with Crippen molar-refractivity contribution in [2.45, 2.75) is 34.1 Å². The smallest absolute Gasteiger partial charge is 0.330 e. The first-order valence-electron chi connectivity index (χ1n) is 9.54. The number of halogens is 1. The summed E-state index contributed by atoms with van der Waals surface area (Å²) in [5.74, 6) is -0.568. The monoisotopic (exact) mass is 394 g/mol. The fraction of sp³-hybridized carbons (Fsp3) is 0.261. The lowest BCUT2D eigenvalue weighted by atomic mass is 10.1. The summed E-state index contributed by atoms with van der Waals surface area (Å²) in [4.78, 5) is 29.4. The normalized spacial score (nSPS) is 11.3. The fourth-order valence-corrected chi connectivity index (χ4v) is 3.21. The van der Waals surface area contributed by atoms with Crippen molar-refractivity contribution in [2.24, 2.45) is 0 Å². The Morgan fingerprint density at radius 2 is 2.00 bits per heavy atom. The molecule has 0 N–H and O–H groups in total. The molecule has 6 heteroatoms. The molecular weight excluding hydrogens is 371 g/mol. The average Bonchev–Trinajstić information content (AvgIpc) is 2.69. The van der Waals surface area contributed by atoms with Crippen molar-refractivity contribution in [1.29, 1.82) is 0 Å². The van der Waals surface area contributed by atoms with Gasteiger partial charge in [0, 0.05) is 24.1 Å². The quantitative estimate of drug-likeness (QED) is 0.479. The van der Waals surface area contributed by atoms with E-state index in [-0.39, 0.29) is 23.1 Å². The van der Waals surface area contributed by atoms with Crippen LogP contribution in [0.4, 0.5) is 4.39 Å². The first kappa shape index (κ1) is 20.5. The maximum absolute atomic E-state index is 14.5. The van der Waals surface area contributed by atoms with Crippen LogP contribution >= 0.6 is 0 Å². The lowest BCUT2D eigenvalue weighted by Crippen LogP contribution is -2.24. The molecule has 0 fully saturated rings. The summed E-state index contributed by atoms with van der Waals surface area (Å²) < 4.78 is 20.9. The third kappa shape index (κ3) is 3.97. The number of carbonyl (C=O) groups is 1. The molecule has 0 radical (unpaired) electrons. The summed E-state index contributed by atoms with van der Waals surface area (Å²) in [5.41, 5.74) is 2.95. The molecule has 0 spiro atoms. The van der Waals surface area contributed by atoms with Gasteiger partial charge in [-0.05, 0) is 50.1 Å². The number of ether oxygens (including phenoxy) is 1. The predicted octanol–water partition coefficient (Wildman–Crippen LogP) is 4.28. The van der Waals surface area contributed by atoms with E-state index in [1.54, 1.807) is 11.5 Å².